The molecule has 0 atom stereocenters. The van der Waals surface area contributed by atoms with Crippen molar-refractivity contribution in [1.29, 1.82) is 0 Å². The quantitative estimate of drug-likeness (QED) is 0.678. The van der Waals surface area contributed by atoms with Crippen LogP contribution in [0, 0.1) is 13.8 Å². The van der Waals surface area contributed by atoms with Crippen LogP contribution in [-0.4, -0.2) is 5.91 Å². The molecule has 0 saturated carbocycles. The Balaban J connectivity index is 1.54. The summed E-state index contributed by atoms with van der Waals surface area (Å²) in [6.07, 6.45) is 0.373. The molecule has 0 fully saturated rings. The molecule has 0 heterocycles. The van der Waals surface area contributed by atoms with E-state index in [1.807, 2.05) is 73.7 Å². The third-order valence-electron chi connectivity index (χ3n) is 4.24. The first-order valence-corrected chi connectivity index (χ1v) is 8.73. The Morgan fingerprint density at radius 2 is 1.65 bits per heavy atom. The van der Waals surface area contributed by atoms with E-state index in [0.717, 1.165) is 28.1 Å². The molecule has 0 unspecified atom stereocenters. The number of benzene rings is 3. The lowest BCUT2D eigenvalue weighted by Gasteiger charge is -2.10. The molecular formula is C23H23NO2. The summed E-state index contributed by atoms with van der Waals surface area (Å²) in [4.78, 5) is 12.3. The molecule has 0 aliphatic rings. The molecule has 0 spiro atoms. The van der Waals surface area contributed by atoms with Crippen molar-refractivity contribution in [1.82, 2.24) is 0 Å². The van der Waals surface area contributed by atoms with Crippen molar-refractivity contribution in [3.63, 3.8) is 0 Å². The van der Waals surface area contributed by atoms with E-state index in [2.05, 4.69) is 18.3 Å². The SMILES string of the molecule is Cc1ccc(CC(=O)Nc2ccc(OCc3ccccc3)cc2)c(C)c1. The lowest BCUT2D eigenvalue weighted by molar-refractivity contribution is -0.115. The lowest BCUT2D eigenvalue weighted by Crippen LogP contribution is -2.15. The highest BCUT2D eigenvalue weighted by atomic mass is 16.5. The molecule has 3 nitrogen and oxygen atoms in total. The van der Waals surface area contributed by atoms with E-state index in [-0.39, 0.29) is 5.91 Å². The zero-order valence-corrected chi connectivity index (χ0v) is 15.2. The number of amides is 1. The number of hydrogen-bond donors (Lipinski definition) is 1. The fourth-order valence-electron chi connectivity index (χ4n) is 2.80. The van der Waals surface area contributed by atoms with Crippen molar-refractivity contribution in [3.8, 4) is 5.75 Å². The molecule has 0 aliphatic carbocycles. The predicted octanol–water partition coefficient (Wildman–Crippen LogP) is 5.06. The van der Waals surface area contributed by atoms with Gasteiger partial charge in [0.2, 0.25) is 5.91 Å². The largest absolute Gasteiger partial charge is 0.489 e. The molecule has 0 saturated heterocycles. The summed E-state index contributed by atoms with van der Waals surface area (Å²) in [7, 11) is 0. The highest BCUT2D eigenvalue weighted by Gasteiger charge is 2.07. The van der Waals surface area contributed by atoms with Crippen LogP contribution in [0.3, 0.4) is 0 Å². The van der Waals surface area contributed by atoms with E-state index in [4.69, 9.17) is 4.74 Å². The van der Waals surface area contributed by atoms with E-state index in [1.54, 1.807) is 0 Å². The fourth-order valence-corrected chi connectivity index (χ4v) is 2.80. The second kappa shape index (κ2) is 8.34. The molecule has 1 amide bonds. The highest BCUT2D eigenvalue weighted by molar-refractivity contribution is 5.92. The minimum absolute atomic E-state index is 0.0186. The number of rotatable bonds is 6. The number of carbonyl (C=O) groups excluding carboxylic acids is 1. The van der Waals surface area contributed by atoms with Crippen LogP contribution in [0.1, 0.15) is 22.3 Å². The van der Waals surface area contributed by atoms with Crippen LogP contribution in [0.5, 0.6) is 5.75 Å². The summed E-state index contributed by atoms with van der Waals surface area (Å²) in [5, 5.41) is 2.94. The van der Waals surface area contributed by atoms with E-state index in [9.17, 15) is 4.79 Å². The first kappa shape index (κ1) is 17.7. The number of nitrogens with one attached hydrogen (secondary N) is 1. The van der Waals surface area contributed by atoms with Gasteiger partial charge >= 0.3 is 0 Å². The van der Waals surface area contributed by atoms with Gasteiger partial charge in [-0.25, -0.2) is 0 Å². The van der Waals surface area contributed by atoms with Crippen LogP contribution in [0.25, 0.3) is 0 Å². The summed E-state index contributed by atoms with van der Waals surface area (Å²) < 4.78 is 5.76. The number of carbonyl (C=O) groups is 1. The summed E-state index contributed by atoms with van der Waals surface area (Å²) in [5.41, 5.74) is 5.30. The Labute approximate surface area is 154 Å². The van der Waals surface area contributed by atoms with Crippen molar-refractivity contribution in [2.45, 2.75) is 26.9 Å². The number of anilines is 1. The Bertz CT molecular complexity index is 870. The predicted molar refractivity (Wildman–Crippen MR) is 105 cm³/mol. The average molecular weight is 345 g/mol. The van der Waals surface area contributed by atoms with Crippen LogP contribution < -0.4 is 10.1 Å². The maximum absolute atomic E-state index is 12.3. The van der Waals surface area contributed by atoms with Gasteiger partial charge in [-0.3, -0.25) is 4.79 Å². The standard InChI is InChI=1S/C23H23NO2/c1-17-8-9-20(18(2)14-17)15-23(25)24-21-10-12-22(13-11-21)26-16-19-6-4-3-5-7-19/h3-14H,15-16H2,1-2H3,(H,24,25). The van der Waals surface area contributed by atoms with E-state index in [0.29, 0.717) is 13.0 Å². The summed E-state index contributed by atoms with van der Waals surface area (Å²) in [6.45, 7) is 4.62. The molecule has 0 aliphatic heterocycles. The van der Waals surface area contributed by atoms with Gasteiger partial charge in [-0.05, 0) is 54.8 Å². The van der Waals surface area contributed by atoms with Gasteiger partial charge in [0, 0.05) is 5.69 Å². The van der Waals surface area contributed by atoms with Gasteiger partial charge in [-0.2, -0.15) is 0 Å². The van der Waals surface area contributed by atoms with Crippen LogP contribution in [0.15, 0.2) is 72.8 Å². The first-order valence-electron chi connectivity index (χ1n) is 8.73. The van der Waals surface area contributed by atoms with Gasteiger partial charge in [0.1, 0.15) is 12.4 Å². The Hall–Kier alpha value is -3.07. The van der Waals surface area contributed by atoms with Gasteiger partial charge in [-0.1, -0.05) is 54.1 Å². The van der Waals surface area contributed by atoms with Crippen LogP contribution in [-0.2, 0) is 17.8 Å². The summed E-state index contributed by atoms with van der Waals surface area (Å²) in [6, 6.07) is 23.6. The van der Waals surface area contributed by atoms with Crippen molar-refractivity contribution in [2.24, 2.45) is 0 Å². The molecule has 0 radical (unpaired) electrons. The zero-order chi connectivity index (χ0) is 18.4. The zero-order valence-electron chi connectivity index (χ0n) is 15.2. The molecule has 132 valence electrons. The van der Waals surface area contributed by atoms with Crippen molar-refractivity contribution in [3.05, 3.63) is 95.1 Å². The molecule has 0 bridgehead atoms. The second-order valence-corrected chi connectivity index (χ2v) is 6.45. The second-order valence-electron chi connectivity index (χ2n) is 6.45. The van der Waals surface area contributed by atoms with Gasteiger partial charge < -0.3 is 10.1 Å². The summed E-state index contributed by atoms with van der Waals surface area (Å²) >= 11 is 0. The van der Waals surface area contributed by atoms with E-state index < -0.39 is 0 Å². The third kappa shape index (κ3) is 4.96. The highest BCUT2D eigenvalue weighted by Crippen LogP contribution is 2.18. The number of ether oxygens (including phenoxy) is 1. The van der Waals surface area contributed by atoms with E-state index >= 15 is 0 Å². The van der Waals surface area contributed by atoms with Gasteiger partial charge in [0.15, 0.2) is 0 Å². The minimum Gasteiger partial charge on any atom is -0.489 e. The molecule has 1 N–H and O–H groups in total. The van der Waals surface area contributed by atoms with Crippen molar-refractivity contribution >= 4 is 11.6 Å². The molecular weight excluding hydrogens is 322 g/mol. The van der Waals surface area contributed by atoms with Crippen LogP contribution in [0.2, 0.25) is 0 Å². The van der Waals surface area contributed by atoms with Gasteiger partial charge in [0.25, 0.3) is 0 Å². The molecule has 26 heavy (non-hydrogen) atoms. The van der Waals surface area contributed by atoms with E-state index in [1.165, 1.54) is 5.56 Å². The van der Waals surface area contributed by atoms with Crippen LogP contribution in [0.4, 0.5) is 5.69 Å². The number of aryl methyl sites for hydroxylation is 2. The number of hydrogen-bond acceptors (Lipinski definition) is 2. The lowest BCUT2D eigenvalue weighted by atomic mass is 10.0. The smallest absolute Gasteiger partial charge is 0.228 e. The Kier molecular flexibility index (Phi) is 5.69. The molecule has 3 heteroatoms. The first-order chi connectivity index (χ1) is 12.6. The minimum atomic E-state index is -0.0186. The normalized spacial score (nSPS) is 10.4. The van der Waals surface area contributed by atoms with Gasteiger partial charge in [-0.15, -0.1) is 0 Å². The maximum Gasteiger partial charge on any atom is 0.228 e. The van der Waals surface area contributed by atoms with Crippen LogP contribution >= 0.6 is 0 Å². The maximum atomic E-state index is 12.3. The Morgan fingerprint density at radius 3 is 2.35 bits per heavy atom. The molecule has 3 rings (SSSR count). The Morgan fingerprint density at radius 1 is 0.923 bits per heavy atom. The van der Waals surface area contributed by atoms with Gasteiger partial charge in [0.05, 0.1) is 6.42 Å². The topological polar surface area (TPSA) is 38.3 Å². The van der Waals surface area contributed by atoms with Crippen molar-refractivity contribution < 1.29 is 9.53 Å². The van der Waals surface area contributed by atoms with Crippen molar-refractivity contribution in [2.75, 3.05) is 5.32 Å². The molecule has 3 aromatic rings. The monoisotopic (exact) mass is 345 g/mol. The fraction of sp³-hybridized carbons (Fsp3) is 0.174. The molecule has 0 aromatic heterocycles. The average Bonchev–Trinajstić information content (AvgIpc) is 2.64. The molecule has 3 aromatic carbocycles. The third-order valence-corrected chi connectivity index (χ3v) is 4.24. The summed E-state index contributed by atoms with van der Waals surface area (Å²) in [5.74, 6) is 0.760.